The van der Waals surface area contributed by atoms with Crippen molar-refractivity contribution in [3.63, 3.8) is 0 Å². The Morgan fingerprint density at radius 2 is 1.37 bits per heavy atom. The van der Waals surface area contributed by atoms with Gasteiger partial charge in [-0.15, -0.1) is 0 Å². The van der Waals surface area contributed by atoms with Crippen LogP contribution in [0.15, 0.2) is 103 Å². The zero-order valence-corrected chi connectivity index (χ0v) is 23.1. The largest absolute Gasteiger partial charge is 0.491 e. The molecule has 1 aliphatic rings. The molecule has 0 aromatic heterocycles. The fourth-order valence-corrected chi connectivity index (χ4v) is 5.82. The Labute approximate surface area is 239 Å². The molecule has 1 saturated heterocycles. The highest BCUT2D eigenvalue weighted by atomic mass is 16.6. The Balaban J connectivity index is 1.14. The van der Waals surface area contributed by atoms with Crippen molar-refractivity contribution in [3.8, 4) is 11.5 Å². The molecule has 1 fully saturated rings. The van der Waals surface area contributed by atoms with E-state index in [9.17, 15) is 4.79 Å². The van der Waals surface area contributed by atoms with Gasteiger partial charge in [-0.2, -0.15) is 0 Å². The molecule has 1 amide bonds. The minimum absolute atomic E-state index is 0.185. The molecule has 0 spiro atoms. The van der Waals surface area contributed by atoms with Gasteiger partial charge < -0.3 is 19.5 Å². The maximum Gasteiger partial charge on any atom is 0.253 e. The topological polar surface area (TPSA) is 56.8 Å². The Morgan fingerprint density at radius 3 is 2.07 bits per heavy atom. The second-order valence-corrected chi connectivity index (χ2v) is 11.0. The fourth-order valence-electron chi connectivity index (χ4n) is 5.82. The molecule has 204 valence electrons. The summed E-state index contributed by atoms with van der Waals surface area (Å²) in [6.45, 7) is 4.36. The van der Waals surface area contributed by atoms with Crippen LogP contribution in [0.25, 0.3) is 32.3 Å². The van der Waals surface area contributed by atoms with Crippen molar-refractivity contribution in [3.05, 3.63) is 114 Å². The van der Waals surface area contributed by atoms with E-state index in [1.165, 1.54) is 21.7 Å². The van der Waals surface area contributed by atoms with Gasteiger partial charge in [0.05, 0.1) is 0 Å². The normalized spacial score (nSPS) is 18.7. The highest BCUT2D eigenvalue weighted by Crippen LogP contribution is 2.38. The van der Waals surface area contributed by atoms with Gasteiger partial charge in [0, 0.05) is 17.5 Å². The number of hydrogen-bond acceptors (Lipinski definition) is 4. The zero-order chi connectivity index (χ0) is 27.9. The van der Waals surface area contributed by atoms with Crippen molar-refractivity contribution in [2.45, 2.75) is 38.6 Å². The molecule has 1 N–H and O–H groups in total. The monoisotopic (exact) mass is 541 g/mol. The van der Waals surface area contributed by atoms with Crippen LogP contribution in [-0.4, -0.2) is 30.8 Å². The number of carbonyl (C=O) groups is 1. The Kier molecular flexibility index (Phi) is 6.44. The van der Waals surface area contributed by atoms with Crippen molar-refractivity contribution in [2.24, 2.45) is 0 Å². The smallest absolute Gasteiger partial charge is 0.253 e. The lowest BCUT2D eigenvalue weighted by Gasteiger charge is -2.20. The van der Waals surface area contributed by atoms with Crippen LogP contribution in [-0.2, 0) is 9.53 Å². The number of benzene rings is 6. The van der Waals surface area contributed by atoms with Crippen molar-refractivity contribution in [1.29, 1.82) is 0 Å². The predicted octanol–water partition coefficient (Wildman–Crippen LogP) is 7.82. The number of carbonyl (C=O) groups excluding carboxylic acids is 1. The predicted molar refractivity (Wildman–Crippen MR) is 164 cm³/mol. The van der Waals surface area contributed by atoms with Crippen LogP contribution in [0.5, 0.6) is 11.5 Å². The highest BCUT2D eigenvalue weighted by Gasteiger charge is 2.41. The van der Waals surface area contributed by atoms with Gasteiger partial charge in [0.1, 0.15) is 36.4 Å². The van der Waals surface area contributed by atoms with Gasteiger partial charge >= 0.3 is 0 Å². The molecule has 0 unspecified atom stereocenters. The molecular formula is C36H31NO4. The molecule has 6 aromatic carbocycles. The van der Waals surface area contributed by atoms with E-state index >= 15 is 0 Å². The van der Waals surface area contributed by atoms with Gasteiger partial charge in [-0.05, 0) is 71.1 Å². The average molecular weight is 542 g/mol. The lowest BCUT2D eigenvalue weighted by molar-refractivity contribution is -0.127. The molecule has 1 aliphatic heterocycles. The molecular weight excluding hydrogens is 510 g/mol. The Morgan fingerprint density at radius 1 is 0.756 bits per heavy atom. The first-order valence-electron chi connectivity index (χ1n) is 14.1. The summed E-state index contributed by atoms with van der Waals surface area (Å²) < 4.78 is 18.7. The second kappa shape index (κ2) is 10.4. The maximum absolute atomic E-state index is 13.6. The Hall–Kier alpha value is -4.61. The minimum atomic E-state index is -0.671. The van der Waals surface area contributed by atoms with Crippen molar-refractivity contribution in [1.82, 2.24) is 0 Å². The van der Waals surface area contributed by atoms with Crippen LogP contribution < -0.4 is 14.8 Å². The summed E-state index contributed by atoms with van der Waals surface area (Å²) in [4.78, 5) is 13.6. The molecule has 0 aliphatic carbocycles. The van der Waals surface area contributed by atoms with E-state index in [4.69, 9.17) is 14.2 Å². The standard InChI is InChI=1S/C36H31NO4/c1-22-6-14-27(15-7-22)39-21-33-31(40-28-16-8-23(2)9-17-28)20-32(41-33)36(38)37-30-19-13-26-11-10-24-4-3-5-25-12-18-29(30)35(26)34(24)25/h3-19,31-33H,20-21H2,1-2H3,(H,37,38)/t31-,32+,33+/m0/s1. The number of amides is 1. The zero-order valence-electron chi connectivity index (χ0n) is 23.1. The summed E-state index contributed by atoms with van der Waals surface area (Å²) in [6.07, 6.45) is -0.987. The first-order chi connectivity index (χ1) is 20.0. The van der Waals surface area contributed by atoms with E-state index in [1.54, 1.807) is 0 Å². The number of rotatable bonds is 7. The third kappa shape index (κ3) is 4.94. The van der Waals surface area contributed by atoms with Crippen molar-refractivity contribution in [2.75, 3.05) is 11.9 Å². The molecule has 1 heterocycles. The van der Waals surface area contributed by atoms with Crippen LogP contribution in [0.1, 0.15) is 17.5 Å². The van der Waals surface area contributed by atoms with Crippen LogP contribution >= 0.6 is 0 Å². The van der Waals surface area contributed by atoms with Crippen molar-refractivity contribution < 1.29 is 19.0 Å². The van der Waals surface area contributed by atoms with E-state index in [0.717, 1.165) is 38.9 Å². The molecule has 0 saturated carbocycles. The molecule has 0 radical (unpaired) electrons. The summed E-state index contributed by atoms with van der Waals surface area (Å²) >= 11 is 0. The van der Waals surface area contributed by atoms with Gasteiger partial charge in [-0.25, -0.2) is 0 Å². The number of hydrogen-bond donors (Lipinski definition) is 1. The Bertz CT molecular complexity index is 1830. The summed E-state index contributed by atoms with van der Waals surface area (Å²) in [5.41, 5.74) is 3.10. The molecule has 5 heteroatoms. The first kappa shape index (κ1) is 25.4. The van der Waals surface area contributed by atoms with Gasteiger partial charge in [-0.3, -0.25) is 4.79 Å². The van der Waals surface area contributed by atoms with Crippen LogP contribution in [0.2, 0.25) is 0 Å². The summed E-state index contributed by atoms with van der Waals surface area (Å²) in [5.74, 6) is 1.32. The lowest BCUT2D eigenvalue weighted by atomic mass is 9.93. The molecule has 6 aromatic rings. The summed E-state index contributed by atoms with van der Waals surface area (Å²) in [7, 11) is 0. The average Bonchev–Trinajstić information content (AvgIpc) is 3.40. The van der Waals surface area contributed by atoms with Crippen molar-refractivity contribution >= 4 is 43.9 Å². The van der Waals surface area contributed by atoms with E-state index in [2.05, 4.69) is 53.8 Å². The number of aryl methyl sites for hydroxylation is 2. The number of anilines is 1. The molecule has 7 rings (SSSR count). The van der Waals surface area contributed by atoms with E-state index in [-0.39, 0.29) is 18.6 Å². The lowest BCUT2D eigenvalue weighted by Crippen LogP contribution is -2.33. The van der Waals surface area contributed by atoms with Gasteiger partial charge in [0.2, 0.25) is 0 Å². The summed E-state index contributed by atoms with van der Waals surface area (Å²) in [5, 5.41) is 10.1. The number of ether oxygens (including phenoxy) is 3. The summed E-state index contributed by atoms with van der Waals surface area (Å²) in [6, 6.07) is 34.7. The second-order valence-electron chi connectivity index (χ2n) is 11.0. The van der Waals surface area contributed by atoms with E-state index in [0.29, 0.717) is 6.42 Å². The van der Waals surface area contributed by atoms with Crippen LogP contribution in [0.4, 0.5) is 5.69 Å². The first-order valence-corrected chi connectivity index (χ1v) is 14.1. The molecule has 0 bridgehead atoms. The SMILES string of the molecule is Cc1ccc(OC[C@H]2O[C@@H](C(=O)Nc3ccc4ccc5cccc6ccc3c4c56)C[C@@H]2Oc2ccc(C)cc2)cc1. The number of nitrogens with one attached hydrogen (secondary N) is 1. The van der Waals surface area contributed by atoms with E-state index in [1.807, 2.05) is 68.4 Å². The van der Waals surface area contributed by atoms with Crippen LogP contribution in [0.3, 0.4) is 0 Å². The highest BCUT2D eigenvalue weighted by molar-refractivity contribution is 6.25. The molecule has 3 atom stereocenters. The fraction of sp³-hybridized carbons (Fsp3) is 0.194. The van der Waals surface area contributed by atoms with Gasteiger partial charge in [-0.1, -0.05) is 83.9 Å². The third-order valence-electron chi connectivity index (χ3n) is 8.02. The third-order valence-corrected chi connectivity index (χ3v) is 8.02. The van der Waals surface area contributed by atoms with Crippen LogP contribution in [0, 0.1) is 13.8 Å². The molecule has 41 heavy (non-hydrogen) atoms. The minimum Gasteiger partial charge on any atom is -0.491 e. The van der Waals surface area contributed by atoms with E-state index < -0.39 is 12.2 Å². The van der Waals surface area contributed by atoms with Gasteiger partial charge in [0.15, 0.2) is 0 Å². The molecule has 5 nitrogen and oxygen atoms in total. The maximum atomic E-state index is 13.6. The van der Waals surface area contributed by atoms with Gasteiger partial charge in [0.25, 0.3) is 5.91 Å². The quantitative estimate of drug-likeness (QED) is 0.209.